The van der Waals surface area contributed by atoms with Gasteiger partial charge in [-0.05, 0) is 17.2 Å². The highest BCUT2D eigenvalue weighted by Gasteiger charge is 2.14. The lowest BCUT2D eigenvalue weighted by Crippen LogP contribution is -2.02. The van der Waals surface area contributed by atoms with Crippen LogP contribution in [-0.2, 0) is 6.54 Å². The molecule has 0 atom stereocenters. The molecule has 0 aliphatic heterocycles. The third-order valence-corrected chi connectivity index (χ3v) is 1.83. The second-order valence-electron chi connectivity index (χ2n) is 2.79. The van der Waals surface area contributed by atoms with Crippen molar-refractivity contribution in [2.24, 2.45) is 5.11 Å². The number of nitro groups is 1. The minimum absolute atomic E-state index is 0.111. The third-order valence-electron chi connectivity index (χ3n) is 1.83. The van der Waals surface area contributed by atoms with Crippen molar-refractivity contribution < 1.29 is 14.8 Å². The molecule has 0 saturated heterocycles. The molecule has 0 spiro atoms. The number of azide groups is 1. The average molecular weight is 222 g/mol. The normalized spacial score (nSPS) is 9.25. The molecule has 0 aliphatic rings. The number of carboxylic acids is 1. The van der Waals surface area contributed by atoms with Crippen LogP contribution in [0.15, 0.2) is 23.3 Å². The van der Waals surface area contributed by atoms with Crippen LogP contribution in [0.2, 0.25) is 0 Å². The Balaban J connectivity index is 3.25. The van der Waals surface area contributed by atoms with E-state index < -0.39 is 10.9 Å². The fourth-order valence-electron chi connectivity index (χ4n) is 1.14. The van der Waals surface area contributed by atoms with Crippen LogP contribution in [0.4, 0.5) is 5.69 Å². The fraction of sp³-hybridized carbons (Fsp3) is 0.125. The van der Waals surface area contributed by atoms with Gasteiger partial charge in [-0.3, -0.25) is 10.1 Å². The molecule has 8 heteroatoms. The lowest BCUT2D eigenvalue weighted by Gasteiger charge is -2.02. The van der Waals surface area contributed by atoms with Crippen molar-refractivity contribution in [2.75, 3.05) is 0 Å². The van der Waals surface area contributed by atoms with Crippen molar-refractivity contribution in [1.29, 1.82) is 0 Å². The quantitative estimate of drug-likeness (QED) is 0.275. The van der Waals surface area contributed by atoms with Crippen LogP contribution in [0, 0.1) is 10.1 Å². The fourth-order valence-corrected chi connectivity index (χ4v) is 1.14. The maximum atomic E-state index is 10.8. The van der Waals surface area contributed by atoms with Crippen LogP contribution < -0.4 is 0 Å². The highest BCUT2D eigenvalue weighted by atomic mass is 16.6. The van der Waals surface area contributed by atoms with Crippen LogP contribution in [0.1, 0.15) is 15.9 Å². The Labute approximate surface area is 88.9 Å². The minimum Gasteiger partial charge on any atom is -0.478 e. The molecule has 1 aromatic carbocycles. The molecule has 8 nitrogen and oxygen atoms in total. The molecule has 0 fully saturated rings. The van der Waals surface area contributed by atoms with E-state index in [1.54, 1.807) is 0 Å². The van der Waals surface area contributed by atoms with E-state index in [4.69, 9.17) is 10.6 Å². The van der Waals surface area contributed by atoms with Crippen molar-refractivity contribution >= 4 is 11.7 Å². The number of hydrogen-bond donors (Lipinski definition) is 1. The van der Waals surface area contributed by atoms with Gasteiger partial charge in [-0.25, -0.2) is 4.79 Å². The molecule has 16 heavy (non-hydrogen) atoms. The molecule has 0 unspecified atom stereocenters. The first kappa shape index (κ1) is 11.5. The number of carboxylic acid groups (broad SMARTS) is 1. The maximum absolute atomic E-state index is 10.8. The molecular weight excluding hydrogens is 216 g/mol. The van der Waals surface area contributed by atoms with Gasteiger partial charge in [-0.2, -0.15) is 0 Å². The van der Waals surface area contributed by atoms with Gasteiger partial charge in [0.05, 0.1) is 17.0 Å². The number of carbonyl (C=O) groups is 1. The first-order valence-electron chi connectivity index (χ1n) is 4.07. The molecule has 1 N–H and O–H groups in total. The number of nitro benzene ring substituents is 1. The molecule has 1 rings (SSSR count). The monoisotopic (exact) mass is 222 g/mol. The van der Waals surface area contributed by atoms with Gasteiger partial charge in [0.2, 0.25) is 0 Å². The first-order chi connectivity index (χ1) is 7.56. The number of non-ortho nitro benzene ring substituents is 1. The second kappa shape index (κ2) is 4.76. The Kier molecular flexibility index (Phi) is 3.41. The summed E-state index contributed by atoms with van der Waals surface area (Å²) < 4.78 is 0. The van der Waals surface area contributed by atoms with Gasteiger partial charge in [0, 0.05) is 17.0 Å². The highest BCUT2D eigenvalue weighted by molar-refractivity contribution is 5.89. The Morgan fingerprint density at radius 1 is 1.62 bits per heavy atom. The van der Waals surface area contributed by atoms with Gasteiger partial charge < -0.3 is 5.11 Å². The Morgan fingerprint density at radius 2 is 2.31 bits per heavy atom. The lowest BCUT2D eigenvalue weighted by molar-refractivity contribution is -0.384. The molecule has 0 heterocycles. The summed E-state index contributed by atoms with van der Waals surface area (Å²) in [5.74, 6) is -1.22. The van der Waals surface area contributed by atoms with E-state index in [1.807, 2.05) is 0 Å². The topological polar surface area (TPSA) is 129 Å². The predicted molar refractivity (Wildman–Crippen MR) is 52.9 cm³/mol. The zero-order valence-corrected chi connectivity index (χ0v) is 7.90. The largest absolute Gasteiger partial charge is 0.478 e. The van der Waals surface area contributed by atoms with Crippen molar-refractivity contribution in [2.45, 2.75) is 6.54 Å². The van der Waals surface area contributed by atoms with E-state index in [-0.39, 0.29) is 23.4 Å². The SMILES string of the molecule is [N-]=[N+]=NCc1cc([N+](=O)[O-])ccc1C(=O)O. The number of rotatable bonds is 4. The molecule has 0 amide bonds. The molecule has 0 radical (unpaired) electrons. The van der Waals surface area contributed by atoms with Crippen LogP contribution in [-0.4, -0.2) is 16.0 Å². The molecule has 0 bridgehead atoms. The maximum Gasteiger partial charge on any atom is 0.335 e. The third kappa shape index (κ3) is 2.46. The van der Waals surface area contributed by atoms with Gasteiger partial charge in [-0.15, -0.1) is 0 Å². The lowest BCUT2D eigenvalue weighted by atomic mass is 10.1. The van der Waals surface area contributed by atoms with Gasteiger partial charge in [0.15, 0.2) is 0 Å². The summed E-state index contributed by atoms with van der Waals surface area (Å²) >= 11 is 0. The molecule has 1 aromatic rings. The number of hydrogen-bond acceptors (Lipinski definition) is 4. The Morgan fingerprint density at radius 3 is 2.81 bits per heavy atom. The van der Waals surface area contributed by atoms with Crippen LogP contribution in [0.5, 0.6) is 0 Å². The molecule has 0 aromatic heterocycles. The van der Waals surface area contributed by atoms with Gasteiger partial charge in [0.25, 0.3) is 5.69 Å². The van der Waals surface area contributed by atoms with Crippen LogP contribution >= 0.6 is 0 Å². The van der Waals surface area contributed by atoms with E-state index >= 15 is 0 Å². The van der Waals surface area contributed by atoms with Crippen LogP contribution in [0.3, 0.4) is 0 Å². The Bertz CT molecular complexity index is 493. The van der Waals surface area contributed by atoms with Gasteiger partial charge >= 0.3 is 5.97 Å². The smallest absolute Gasteiger partial charge is 0.335 e. The van der Waals surface area contributed by atoms with Crippen molar-refractivity contribution in [3.8, 4) is 0 Å². The van der Waals surface area contributed by atoms with Crippen molar-refractivity contribution in [3.63, 3.8) is 0 Å². The summed E-state index contributed by atoms with van der Waals surface area (Å²) in [6.45, 7) is -0.236. The zero-order chi connectivity index (χ0) is 12.1. The van der Waals surface area contributed by atoms with Crippen molar-refractivity contribution in [3.05, 3.63) is 49.9 Å². The van der Waals surface area contributed by atoms with E-state index in [0.29, 0.717) is 0 Å². The molecule has 0 aliphatic carbocycles. The summed E-state index contributed by atoms with van der Waals surface area (Å²) in [7, 11) is 0. The first-order valence-corrected chi connectivity index (χ1v) is 4.07. The van der Waals surface area contributed by atoms with Crippen LogP contribution in [0.25, 0.3) is 10.4 Å². The van der Waals surface area contributed by atoms with E-state index in [9.17, 15) is 14.9 Å². The highest BCUT2D eigenvalue weighted by Crippen LogP contribution is 2.18. The van der Waals surface area contributed by atoms with Crippen molar-refractivity contribution in [1.82, 2.24) is 0 Å². The number of nitrogens with zero attached hydrogens (tertiary/aromatic N) is 4. The summed E-state index contributed by atoms with van der Waals surface area (Å²) in [6, 6.07) is 3.28. The summed E-state index contributed by atoms with van der Waals surface area (Å²) in [5, 5.41) is 22.4. The average Bonchev–Trinajstić information content (AvgIpc) is 2.25. The Hall–Kier alpha value is -2.60. The predicted octanol–water partition coefficient (Wildman–Crippen LogP) is 2.10. The number of benzene rings is 1. The summed E-state index contributed by atoms with van der Waals surface area (Å²) in [5.41, 5.74) is 7.87. The van der Waals surface area contributed by atoms with E-state index in [2.05, 4.69) is 10.0 Å². The second-order valence-corrected chi connectivity index (χ2v) is 2.79. The minimum atomic E-state index is -1.22. The molecule has 82 valence electrons. The summed E-state index contributed by atoms with van der Waals surface area (Å²) in [4.78, 5) is 23.0. The number of aromatic carboxylic acids is 1. The van der Waals surface area contributed by atoms with E-state index in [1.165, 1.54) is 0 Å². The van der Waals surface area contributed by atoms with E-state index in [0.717, 1.165) is 18.2 Å². The van der Waals surface area contributed by atoms with Gasteiger partial charge in [-0.1, -0.05) is 5.11 Å². The van der Waals surface area contributed by atoms with Gasteiger partial charge in [0.1, 0.15) is 0 Å². The summed E-state index contributed by atoms with van der Waals surface area (Å²) in [6.07, 6.45) is 0. The molecular formula is C8H6N4O4. The zero-order valence-electron chi connectivity index (χ0n) is 7.90. The molecule has 0 saturated carbocycles. The standard InChI is InChI=1S/C8H6N4O4/c9-11-10-4-5-3-6(12(15)16)1-2-7(5)8(13)14/h1-3H,4H2,(H,13,14).